The predicted octanol–water partition coefficient (Wildman–Crippen LogP) is 4.68. The molecule has 25 heavy (non-hydrogen) atoms. The number of nitrogens with zero attached hydrogens (tertiary/aromatic N) is 3. The number of alkyl halides is 3. The van der Waals surface area contributed by atoms with E-state index in [4.69, 9.17) is 5.26 Å². The van der Waals surface area contributed by atoms with E-state index in [0.29, 0.717) is 12.1 Å². The van der Waals surface area contributed by atoms with Gasteiger partial charge in [-0.05, 0) is 29.7 Å². The van der Waals surface area contributed by atoms with Gasteiger partial charge in [0, 0.05) is 18.3 Å². The molecular formula is C19H14F3N3. The first kappa shape index (κ1) is 16.8. The lowest BCUT2D eigenvalue weighted by atomic mass is 9.99. The van der Waals surface area contributed by atoms with Crippen molar-refractivity contribution in [3.63, 3.8) is 0 Å². The summed E-state index contributed by atoms with van der Waals surface area (Å²) in [5.74, 6) is 0. The Kier molecular flexibility index (Phi) is 4.57. The van der Waals surface area contributed by atoms with Gasteiger partial charge >= 0.3 is 6.18 Å². The summed E-state index contributed by atoms with van der Waals surface area (Å²) in [5.41, 5.74) is 0.693. The topological polar surface area (TPSA) is 41.6 Å². The maximum Gasteiger partial charge on any atom is 0.417 e. The minimum absolute atomic E-state index is 0.0208. The molecule has 3 rings (SSSR count). The molecule has 0 aliphatic heterocycles. The SMILES string of the molecule is N#Cc1ccc(-c2cnn(CCc3ccccc3)c2)c(C(F)(F)F)c1. The van der Waals surface area contributed by atoms with Crippen LogP contribution < -0.4 is 0 Å². The molecule has 0 atom stereocenters. The van der Waals surface area contributed by atoms with E-state index in [9.17, 15) is 13.2 Å². The van der Waals surface area contributed by atoms with Crippen LogP contribution >= 0.6 is 0 Å². The molecule has 0 aliphatic rings. The molecule has 0 N–H and O–H groups in total. The first-order valence-corrected chi connectivity index (χ1v) is 7.65. The molecule has 3 nitrogen and oxygen atoms in total. The van der Waals surface area contributed by atoms with Gasteiger partial charge in [0.15, 0.2) is 0 Å². The lowest BCUT2D eigenvalue weighted by Crippen LogP contribution is -2.07. The number of halogens is 3. The number of hydrogen-bond acceptors (Lipinski definition) is 2. The van der Waals surface area contributed by atoms with Crippen molar-refractivity contribution in [2.75, 3.05) is 0 Å². The third-order valence-electron chi connectivity index (χ3n) is 3.87. The van der Waals surface area contributed by atoms with E-state index in [1.54, 1.807) is 16.9 Å². The van der Waals surface area contributed by atoms with Crippen LogP contribution in [0.15, 0.2) is 60.9 Å². The van der Waals surface area contributed by atoms with Gasteiger partial charge in [0.2, 0.25) is 0 Å². The number of nitriles is 1. The maximum absolute atomic E-state index is 13.3. The van der Waals surface area contributed by atoms with Crippen LogP contribution in [0, 0.1) is 11.3 Å². The second-order valence-electron chi connectivity index (χ2n) is 5.60. The van der Waals surface area contributed by atoms with Crippen LogP contribution in [0.2, 0.25) is 0 Å². The highest BCUT2D eigenvalue weighted by Gasteiger charge is 2.34. The van der Waals surface area contributed by atoms with Crippen molar-refractivity contribution >= 4 is 0 Å². The van der Waals surface area contributed by atoms with Crippen molar-refractivity contribution in [1.82, 2.24) is 9.78 Å². The van der Waals surface area contributed by atoms with Crippen LogP contribution in [-0.2, 0) is 19.1 Å². The summed E-state index contributed by atoms with van der Waals surface area (Å²) in [6, 6.07) is 15.1. The quantitative estimate of drug-likeness (QED) is 0.691. The minimum Gasteiger partial charge on any atom is -0.272 e. The summed E-state index contributed by atoms with van der Waals surface area (Å²) in [6.45, 7) is 0.571. The molecule has 0 saturated carbocycles. The number of rotatable bonds is 4. The van der Waals surface area contributed by atoms with Crippen molar-refractivity contribution in [3.05, 3.63) is 77.6 Å². The largest absolute Gasteiger partial charge is 0.417 e. The molecular weight excluding hydrogens is 327 g/mol. The van der Waals surface area contributed by atoms with E-state index >= 15 is 0 Å². The first-order chi connectivity index (χ1) is 12.0. The standard InChI is InChI=1S/C19H14F3N3/c20-19(21,22)18-10-15(11-23)6-7-17(18)16-12-24-25(13-16)9-8-14-4-2-1-3-5-14/h1-7,10,12-13H,8-9H2. The molecule has 0 saturated heterocycles. The van der Waals surface area contributed by atoms with Crippen LogP contribution in [0.4, 0.5) is 13.2 Å². The molecule has 6 heteroatoms. The number of aromatic nitrogens is 2. The lowest BCUT2D eigenvalue weighted by Gasteiger charge is -2.12. The van der Waals surface area contributed by atoms with Crippen molar-refractivity contribution < 1.29 is 13.2 Å². The van der Waals surface area contributed by atoms with E-state index in [1.165, 1.54) is 18.3 Å². The zero-order valence-electron chi connectivity index (χ0n) is 13.2. The van der Waals surface area contributed by atoms with Crippen LogP contribution in [0.3, 0.4) is 0 Å². The minimum atomic E-state index is -4.53. The van der Waals surface area contributed by atoms with E-state index < -0.39 is 11.7 Å². The molecule has 1 aromatic heterocycles. The average molecular weight is 341 g/mol. The molecule has 3 aromatic rings. The summed E-state index contributed by atoms with van der Waals surface area (Å²) in [5, 5.41) is 13.0. The predicted molar refractivity (Wildman–Crippen MR) is 87.5 cm³/mol. The maximum atomic E-state index is 13.3. The fourth-order valence-electron chi connectivity index (χ4n) is 2.61. The first-order valence-electron chi connectivity index (χ1n) is 7.65. The highest BCUT2D eigenvalue weighted by Crippen LogP contribution is 2.37. The normalized spacial score (nSPS) is 11.3. The zero-order valence-corrected chi connectivity index (χ0v) is 13.2. The fourth-order valence-corrected chi connectivity index (χ4v) is 2.61. The Labute approximate surface area is 143 Å². The third-order valence-corrected chi connectivity index (χ3v) is 3.87. The Morgan fingerprint density at radius 2 is 1.84 bits per heavy atom. The van der Waals surface area contributed by atoms with Crippen LogP contribution in [0.5, 0.6) is 0 Å². The third kappa shape index (κ3) is 3.89. The van der Waals surface area contributed by atoms with Gasteiger partial charge in [-0.3, -0.25) is 4.68 Å². The second-order valence-corrected chi connectivity index (χ2v) is 5.60. The van der Waals surface area contributed by atoms with Gasteiger partial charge in [-0.15, -0.1) is 0 Å². The van der Waals surface area contributed by atoms with Gasteiger partial charge in [-0.2, -0.15) is 23.5 Å². The van der Waals surface area contributed by atoms with Gasteiger partial charge in [0.05, 0.1) is 23.4 Å². The second kappa shape index (κ2) is 6.81. The van der Waals surface area contributed by atoms with Crippen LogP contribution in [-0.4, -0.2) is 9.78 Å². The van der Waals surface area contributed by atoms with Gasteiger partial charge in [-0.1, -0.05) is 36.4 Å². The monoisotopic (exact) mass is 341 g/mol. The van der Waals surface area contributed by atoms with Crippen molar-refractivity contribution in [2.24, 2.45) is 0 Å². The molecule has 2 aromatic carbocycles. The Hall–Kier alpha value is -3.07. The number of benzene rings is 2. The summed E-state index contributed by atoms with van der Waals surface area (Å²) < 4.78 is 41.5. The summed E-state index contributed by atoms with van der Waals surface area (Å²) >= 11 is 0. The molecule has 0 amide bonds. The van der Waals surface area contributed by atoms with Crippen LogP contribution in [0.1, 0.15) is 16.7 Å². The Morgan fingerprint density at radius 1 is 1.08 bits per heavy atom. The molecule has 0 aliphatic carbocycles. The van der Waals surface area contributed by atoms with Gasteiger partial charge in [-0.25, -0.2) is 0 Å². The Bertz CT molecular complexity index is 906. The summed E-state index contributed by atoms with van der Waals surface area (Å²) in [4.78, 5) is 0. The molecule has 0 fully saturated rings. The number of hydrogen-bond donors (Lipinski definition) is 0. The van der Waals surface area contributed by atoms with Gasteiger partial charge < -0.3 is 0 Å². The molecule has 0 unspecified atom stereocenters. The molecule has 0 radical (unpaired) electrons. The highest BCUT2D eigenvalue weighted by molar-refractivity contribution is 5.68. The van der Waals surface area contributed by atoms with Crippen molar-refractivity contribution in [1.29, 1.82) is 5.26 Å². The summed E-state index contributed by atoms with van der Waals surface area (Å²) in [7, 11) is 0. The van der Waals surface area contributed by atoms with Crippen LogP contribution in [0.25, 0.3) is 11.1 Å². The van der Waals surface area contributed by atoms with Crippen molar-refractivity contribution in [2.45, 2.75) is 19.1 Å². The molecule has 0 bridgehead atoms. The van der Waals surface area contributed by atoms with Gasteiger partial charge in [0.1, 0.15) is 0 Å². The van der Waals surface area contributed by atoms with E-state index in [0.717, 1.165) is 18.1 Å². The van der Waals surface area contributed by atoms with Gasteiger partial charge in [0.25, 0.3) is 0 Å². The smallest absolute Gasteiger partial charge is 0.272 e. The molecule has 0 spiro atoms. The summed E-state index contributed by atoms with van der Waals surface area (Å²) in [6.07, 6.45) is -0.781. The molecule has 126 valence electrons. The van der Waals surface area contributed by atoms with Crippen molar-refractivity contribution in [3.8, 4) is 17.2 Å². The zero-order chi connectivity index (χ0) is 17.9. The Balaban J connectivity index is 1.86. The molecule has 1 heterocycles. The highest BCUT2D eigenvalue weighted by atomic mass is 19.4. The average Bonchev–Trinajstić information content (AvgIpc) is 3.08. The van der Waals surface area contributed by atoms with E-state index in [-0.39, 0.29) is 11.1 Å². The number of aryl methyl sites for hydroxylation is 2. The van der Waals surface area contributed by atoms with E-state index in [2.05, 4.69) is 5.10 Å². The Morgan fingerprint density at radius 3 is 2.52 bits per heavy atom. The fraction of sp³-hybridized carbons (Fsp3) is 0.158. The van der Waals surface area contributed by atoms with E-state index in [1.807, 2.05) is 30.3 Å². The lowest BCUT2D eigenvalue weighted by molar-refractivity contribution is -0.137.